The normalized spacial score (nSPS) is 11.3. The number of nitrogens with two attached hydrogens (primary N) is 1. The molecule has 1 heterocycles. The second-order valence-electron chi connectivity index (χ2n) is 4.22. The highest BCUT2D eigenvalue weighted by atomic mass is 35.5. The molecule has 0 amide bonds. The molecule has 6 nitrogen and oxygen atoms in total. The highest BCUT2D eigenvalue weighted by Gasteiger charge is 2.17. The number of rotatable bonds is 5. The maximum atomic E-state index is 12.2. The number of methoxy groups -OCH3 is 1. The van der Waals surface area contributed by atoms with Gasteiger partial charge in [0.05, 0.1) is 12.1 Å². The second kappa shape index (κ2) is 6.30. The van der Waals surface area contributed by atoms with Gasteiger partial charge in [-0.05, 0) is 29.8 Å². The van der Waals surface area contributed by atoms with E-state index in [1.165, 1.54) is 25.3 Å². The first-order valence-corrected chi connectivity index (χ1v) is 7.82. The van der Waals surface area contributed by atoms with Crippen molar-refractivity contribution >= 4 is 27.3 Å². The number of pyridine rings is 1. The minimum Gasteiger partial charge on any atom is -0.481 e. The Kier molecular flexibility index (Phi) is 4.66. The van der Waals surface area contributed by atoms with Crippen LogP contribution in [0.1, 0.15) is 5.56 Å². The Morgan fingerprint density at radius 3 is 2.76 bits per heavy atom. The summed E-state index contributed by atoms with van der Waals surface area (Å²) in [5.41, 5.74) is 6.67. The van der Waals surface area contributed by atoms with Gasteiger partial charge >= 0.3 is 0 Å². The van der Waals surface area contributed by atoms with E-state index in [9.17, 15) is 8.42 Å². The average Bonchev–Trinajstić information content (AvgIpc) is 2.45. The highest BCUT2D eigenvalue weighted by Crippen LogP contribution is 2.23. The molecule has 21 heavy (non-hydrogen) atoms. The zero-order chi connectivity index (χ0) is 15.5. The molecular formula is C13H14ClN3O3S. The van der Waals surface area contributed by atoms with Crippen LogP contribution in [0.5, 0.6) is 5.88 Å². The van der Waals surface area contributed by atoms with Gasteiger partial charge in [0.2, 0.25) is 15.9 Å². The number of anilines is 1. The molecule has 1 aromatic carbocycles. The number of benzene rings is 1. The smallest absolute Gasteiger partial charge is 0.242 e. The molecule has 0 unspecified atom stereocenters. The first kappa shape index (κ1) is 15.6. The van der Waals surface area contributed by atoms with Gasteiger partial charge in [0.15, 0.2) is 0 Å². The van der Waals surface area contributed by atoms with E-state index in [0.717, 1.165) is 5.56 Å². The van der Waals surface area contributed by atoms with Crippen LogP contribution >= 0.6 is 11.6 Å². The van der Waals surface area contributed by atoms with Crippen molar-refractivity contribution in [1.29, 1.82) is 0 Å². The van der Waals surface area contributed by atoms with Crippen LogP contribution in [0.25, 0.3) is 0 Å². The van der Waals surface area contributed by atoms with Crippen LogP contribution in [0.15, 0.2) is 41.4 Å². The first-order chi connectivity index (χ1) is 9.92. The molecule has 0 aliphatic carbocycles. The molecule has 112 valence electrons. The van der Waals surface area contributed by atoms with Crippen molar-refractivity contribution in [2.45, 2.75) is 11.4 Å². The molecule has 3 N–H and O–H groups in total. The fourth-order valence-electron chi connectivity index (χ4n) is 1.66. The van der Waals surface area contributed by atoms with E-state index in [1.807, 2.05) is 0 Å². The molecule has 1 aromatic heterocycles. The van der Waals surface area contributed by atoms with Crippen molar-refractivity contribution in [3.63, 3.8) is 0 Å². The number of halogens is 1. The molecule has 0 saturated heterocycles. The molecule has 2 aromatic rings. The molecule has 8 heteroatoms. The number of nitrogens with zero attached hydrogens (tertiary/aromatic N) is 1. The monoisotopic (exact) mass is 327 g/mol. The minimum atomic E-state index is -3.72. The van der Waals surface area contributed by atoms with Crippen LogP contribution in [0.4, 0.5) is 5.69 Å². The zero-order valence-electron chi connectivity index (χ0n) is 11.2. The van der Waals surface area contributed by atoms with Gasteiger partial charge in [-0.15, -0.1) is 0 Å². The summed E-state index contributed by atoms with van der Waals surface area (Å²) < 4.78 is 31.9. The van der Waals surface area contributed by atoms with E-state index < -0.39 is 10.0 Å². The van der Waals surface area contributed by atoms with Crippen molar-refractivity contribution in [3.05, 3.63) is 47.1 Å². The average molecular weight is 328 g/mol. The molecule has 0 spiro atoms. The summed E-state index contributed by atoms with van der Waals surface area (Å²) in [6.45, 7) is 0.0991. The van der Waals surface area contributed by atoms with Crippen molar-refractivity contribution in [2.75, 3.05) is 12.8 Å². The van der Waals surface area contributed by atoms with Gasteiger partial charge in [-0.3, -0.25) is 0 Å². The lowest BCUT2D eigenvalue weighted by Gasteiger charge is -2.09. The maximum Gasteiger partial charge on any atom is 0.242 e. The number of nitrogen functional groups attached to an aromatic ring is 1. The third-order valence-electron chi connectivity index (χ3n) is 2.72. The standard InChI is InChI=1S/C13H14ClN3O3S/c1-20-13-6-9(4-5-16-13)8-17-21(18,19)12-3-2-10(15)7-11(12)14/h2-7,17H,8,15H2,1H3. The Hall–Kier alpha value is -1.83. The summed E-state index contributed by atoms with van der Waals surface area (Å²) in [7, 11) is -2.23. The number of aromatic nitrogens is 1. The fourth-order valence-corrected chi connectivity index (χ4v) is 3.23. The Balaban J connectivity index is 2.17. The van der Waals surface area contributed by atoms with Gasteiger partial charge in [0.25, 0.3) is 0 Å². The van der Waals surface area contributed by atoms with Crippen molar-refractivity contribution in [2.24, 2.45) is 0 Å². The summed E-state index contributed by atoms with van der Waals surface area (Å²) in [6, 6.07) is 7.58. The SMILES string of the molecule is COc1cc(CNS(=O)(=O)c2ccc(N)cc2Cl)ccn1. The van der Waals surface area contributed by atoms with E-state index in [2.05, 4.69) is 9.71 Å². The molecule has 0 bridgehead atoms. The van der Waals surface area contributed by atoms with E-state index in [1.54, 1.807) is 18.3 Å². The molecule has 0 aliphatic rings. The fraction of sp³-hybridized carbons (Fsp3) is 0.154. The summed E-state index contributed by atoms with van der Waals surface area (Å²) >= 11 is 5.91. The summed E-state index contributed by atoms with van der Waals surface area (Å²) in [6.07, 6.45) is 1.54. The lowest BCUT2D eigenvalue weighted by atomic mass is 10.3. The summed E-state index contributed by atoms with van der Waals surface area (Å²) in [5, 5.41) is 0.0785. The second-order valence-corrected chi connectivity index (χ2v) is 6.36. The van der Waals surface area contributed by atoms with Gasteiger partial charge in [0.1, 0.15) is 4.90 Å². The molecule has 2 rings (SSSR count). The quantitative estimate of drug-likeness (QED) is 0.817. The third-order valence-corrected chi connectivity index (χ3v) is 4.60. The molecule has 0 saturated carbocycles. The van der Waals surface area contributed by atoms with Gasteiger partial charge in [-0.25, -0.2) is 18.1 Å². The van der Waals surface area contributed by atoms with Crippen molar-refractivity contribution < 1.29 is 13.2 Å². The van der Waals surface area contributed by atoms with Crippen LogP contribution < -0.4 is 15.2 Å². The maximum absolute atomic E-state index is 12.2. The van der Waals surface area contributed by atoms with Gasteiger partial charge in [0, 0.05) is 24.5 Å². The molecule has 0 radical (unpaired) electrons. The minimum absolute atomic E-state index is 0.0145. The van der Waals surface area contributed by atoms with E-state index >= 15 is 0 Å². The number of hydrogen-bond donors (Lipinski definition) is 2. The largest absolute Gasteiger partial charge is 0.481 e. The van der Waals surface area contributed by atoms with Gasteiger partial charge in [-0.2, -0.15) is 0 Å². The number of sulfonamides is 1. The number of hydrogen-bond acceptors (Lipinski definition) is 5. The summed E-state index contributed by atoms with van der Waals surface area (Å²) in [5.74, 6) is 0.414. The van der Waals surface area contributed by atoms with Gasteiger partial charge in [-0.1, -0.05) is 11.6 Å². The van der Waals surface area contributed by atoms with Crippen LogP contribution in [0.2, 0.25) is 5.02 Å². The lowest BCUT2D eigenvalue weighted by molar-refractivity contribution is 0.397. The highest BCUT2D eigenvalue weighted by molar-refractivity contribution is 7.89. The number of ether oxygens (including phenoxy) is 1. The molecule has 0 atom stereocenters. The molecule has 0 aliphatic heterocycles. The summed E-state index contributed by atoms with van der Waals surface area (Å²) in [4.78, 5) is 3.94. The van der Waals surface area contributed by atoms with Crippen LogP contribution in [-0.4, -0.2) is 20.5 Å². The predicted molar refractivity (Wildman–Crippen MR) is 80.7 cm³/mol. The zero-order valence-corrected chi connectivity index (χ0v) is 12.8. The Bertz CT molecular complexity index is 750. The van der Waals surface area contributed by atoms with Crippen LogP contribution in [0, 0.1) is 0 Å². The van der Waals surface area contributed by atoms with E-state index in [0.29, 0.717) is 11.6 Å². The first-order valence-electron chi connectivity index (χ1n) is 5.96. The lowest BCUT2D eigenvalue weighted by Crippen LogP contribution is -2.23. The Labute approximate surface area is 128 Å². The number of nitrogens with one attached hydrogen (secondary N) is 1. The van der Waals surface area contributed by atoms with Crippen molar-refractivity contribution in [3.8, 4) is 5.88 Å². The van der Waals surface area contributed by atoms with E-state index in [-0.39, 0.29) is 16.5 Å². The third kappa shape index (κ3) is 3.84. The molecular weight excluding hydrogens is 314 g/mol. The molecule has 0 fully saturated rings. The van der Waals surface area contributed by atoms with Crippen molar-refractivity contribution in [1.82, 2.24) is 9.71 Å². The topological polar surface area (TPSA) is 94.3 Å². The Morgan fingerprint density at radius 2 is 2.10 bits per heavy atom. The predicted octanol–water partition coefficient (Wildman–Crippen LogP) is 1.80. The van der Waals surface area contributed by atoms with E-state index in [4.69, 9.17) is 22.1 Å². The van der Waals surface area contributed by atoms with Crippen LogP contribution in [0.3, 0.4) is 0 Å². The van der Waals surface area contributed by atoms with Crippen LogP contribution in [-0.2, 0) is 16.6 Å². The Morgan fingerprint density at radius 1 is 1.33 bits per heavy atom. The van der Waals surface area contributed by atoms with Gasteiger partial charge < -0.3 is 10.5 Å².